The maximum absolute atomic E-state index is 11.7. The van der Waals surface area contributed by atoms with Crippen molar-refractivity contribution in [2.45, 2.75) is 45.7 Å². The molecule has 1 aliphatic rings. The fraction of sp³-hybridized carbons (Fsp3) is 0.833. The number of carboxylic acids is 1. The van der Waals surface area contributed by atoms with Crippen molar-refractivity contribution in [3.8, 4) is 0 Å². The van der Waals surface area contributed by atoms with Gasteiger partial charge in [-0.05, 0) is 18.8 Å². The Labute approximate surface area is 113 Å². The van der Waals surface area contributed by atoms with Gasteiger partial charge in [0.15, 0.2) is 9.84 Å². The van der Waals surface area contributed by atoms with Crippen LogP contribution < -0.4 is 0 Å². The number of carboxylic acid groups (broad SMARTS) is 1. The molecule has 1 amide bonds. The molecule has 0 radical (unpaired) electrons. The second kappa shape index (κ2) is 5.90. The SMILES string of the molecule is CC(=O)N(C1CCS(=O)(=O)C1)C(CC(C)C)C(=O)O. The predicted molar refractivity (Wildman–Crippen MR) is 70.5 cm³/mol. The Bertz CT molecular complexity index is 457. The van der Waals surface area contributed by atoms with E-state index in [-0.39, 0.29) is 23.3 Å². The average Bonchev–Trinajstić information content (AvgIpc) is 2.56. The van der Waals surface area contributed by atoms with Crippen molar-refractivity contribution >= 4 is 21.7 Å². The minimum atomic E-state index is -3.15. The van der Waals surface area contributed by atoms with Crippen molar-refractivity contribution < 1.29 is 23.1 Å². The monoisotopic (exact) mass is 291 g/mol. The Hall–Kier alpha value is -1.11. The number of carbonyl (C=O) groups excluding carboxylic acids is 1. The fourth-order valence-corrected chi connectivity index (χ4v) is 4.22. The summed E-state index contributed by atoms with van der Waals surface area (Å²) in [5.74, 6) is -1.45. The van der Waals surface area contributed by atoms with Crippen LogP contribution in [0.15, 0.2) is 0 Å². The highest BCUT2D eigenvalue weighted by Crippen LogP contribution is 2.23. The summed E-state index contributed by atoms with van der Waals surface area (Å²) in [6.07, 6.45) is 0.648. The third-order valence-electron chi connectivity index (χ3n) is 3.28. The second-order valence-electron chi connectivity index (χ2n) is 5.47. The molecule has 0 aromatic rings. The summed E-state index contributed by atoms with van der Waals surface area (Å²) < 4.78 is 23.0. The summed E-state index contributed by atoms with van der Waals surface area (Å²) in [6, 6.07) is -1.46. The zero-order chi connectivity index (χ0) is 14.8. The molecule has 0 saturated carbocycles. The van der Waals surface area contributed by atoms with Gasteiger partial charge in [0.1, 0.15) is 6.04 Å². The van der Waals surface area contributed by atoms with Gasteiger partial charge in [-0.25, -0.2) is 13.2 Å². The maximum Gasteiger partial charge on any atom is 0.326 e. The minimum absolute atomic E-state index is 0.0233. The molecular weight excluding hydrogens is 270 g/mol. The fourth-order valence-electron chi connectivity index (χ4n) is 2.51. The van der Waals surface area contributed by atoms with Crippen molar-refractivity contribution in [3.63, 3.8) is 0 Å². The summed E-state index contributed by atoms with van der Waals surface area (Å²) in [4.78, 5) is 24.3. The normalized spacial score (nSPS) is 23.3. The summed E-state index contributed by atoms with van der Waals surface area (Å²) >= 11 is 0. The lowest BCUT2D eigenvalue weighted by Gasteiger charge is -2.33. The highest BCUT2D eigenvalue weighted by molar-refractivity contribution is 7.91. The Balaban J connectivity index is 2.98. The van der Waals surface area contributed by atoms with E-state index in [1.54, 1.807) is 0 Å². The van der Waals surface area contributed by atoms with Crippen molar-refractivity contribution in [3.05, 3.63) is 0 Å². The predicted octanol–water partition coefficient (Wildman–Crippen LogP) is 0.521. The van der Waals surface area contributed by atoms with Crippen molar-refractivity contribution in [1.82, 2.24) is 4.90 Å². The lowest BCUT2D eigenvalue weighted by atomic mass is 10.0. The van der Waals surface area contributed by atoms with Gasteiger partial charge in [0, 0.05) is 13.0 Å². The van der Waals surface area contributed by atoms with Crippen molar-refractivity contribution in [2.75, 3.05) is 11.5 Å². The molecule has 0 bridgehead atoms. The van der Waals surface area contributed by atoms with E-state index >= 15 is 0 Å². The summed E-state index contributed by atoms with van der Waals surface area (Å²) in [5, 5.41) is 9.29. The van der Waals surface area contributed by atoms with Crippen molar-refractivity contribution in [1.29, 1.82) is 0 Å². The number of rotatable bonds is 5. The number of amides is 1. The zero-order valence-corrected chi connectivity index (χ0v) is 12.3. The maximum atomic E-state index is 11.7. The van der Waals surface area contributed by atoms with E-state index in [0.717, 1.165) is 0 Å². The Morgan fingerprint density at radius 1 is 1.37 bits per heavy atom. The van der Waals surface area contributed by atoms with Gasteiger partial charge in [-0.2, -0.15) is 0 Å². The first kappa shape index (κ1) is 15.9. The second-order valence-corrected chi connectivity index (χ2v) is 7.70. The van der Waals surface area contributed by atoms with Gasteiger partial charge in [0.05, 0.1) is 11.5 Å². The lowest BCUT2D eigenvalue weighted by Crippen LogP contribution is -2.51. The molecule has 1 aliphatic heterocycles. The zero-order valence-electron chi connectivity index (χ0n) is 11.5. The molecule has 6 nitrogen and oxygen atoms in total. The third-order valence-corrected chi connectivity index (χ3v) is 5.03. The van der Waals surface area contributed by atoms with Crippen LogP contribution >= 0.6 is 0 Å². The van der Waals surface area contributed by atoms with E-state index in [0.29, 0.717) is 12.8 Å². The van der Waals surface area contributed by atoms with Crippen LogP contribution in [0.2, 0.25) is 0 Å². The van der Waals surface area contributed by atoms with E-state index in [1.807, 2.05) is 13.8 Å². The third kappa shape index (κ3) is 4.19. The van der Waals surface area contributed by atoms with Gasteiger partial charge in [-0.1, -0.05) is 13.8 Å². The molecule has 0 aliphatic carbocycles. The average molecular weight is 291 g/mol. The van der Waals surface area contributed by atoms with Gasteiger partial charge in [-0.3, -0.25) is 4.79 Å². The molecule has 1 N–H and O–H groups in total. The number of nitrogens with zero attached hydrogens (tertiary/aromatic N) is 1. The van der Waals surface area contributed by atoms with E-state index in [4.69, 9.17) is 0 Å². The van der Waals surface area contributed by atoms with Gasteiger partial charge in [0.25, 0.3) is 0 Å². The molecule has 110 valence electrons. The molecule has 1 saturated heterocycles. The lowest BCUT2D eigenvalue weighted by molar-refractivity contribution is -0.152. The van der Waals surface area contributed by atoms with Crippen LogP contribution in [0.1, 0.15) is 33.6 Å². The highest BCUT2D eigenvalue weighted by atomic mass is 32.2. The van der Waals surface area contributed by atoms with Crippen LogP contribution in [0, 0.1) is 5.92 Å². The first-order chi connectivity index (χ1) is 8.64. The van der Waals surface area contributed by atoms with Gasteiger partial charge in [0.2, 0.25) is 5.91 Å². The minimum Gasteiger partial charge on any atom is -0.480 e. The van der Waals surface area contributed by atoms with Gasteiger partial charge in [-0.15, -0.1) is 0 Å². The van der Waals surface area contributed by atoms with E-state index < -0.39 is 27.9 Å². The standard InChI is InChI=1S/C12H21NO5S/c1-8(2)6-11(12(15)16)13(9(3)14)10-4-5-19(17,18)7-10/h8,10-11H,4-7H2,1-3H3,(H,15,16). The van der Waals surface area contributed by atoms with Crippen LogP contribution in [0.4, 0.5) is 0 Å². The largest absolute Gasteiger partial charge is 0.480 e. The Kier molecular flexibility index (Phi) is 4.95. The number of aliphatic carboxylic acids is 1. The molecule has 1 rings (SSSR count). The highest BCUT2D eigenvalue weighted by Gasteiger charge is 2.39. The van der Waals surface area contributed by atoms with Crippen LogP contribution in [0.25, 0.3) is 0 Å². The van der Waals surface area contributed by atoms with Crippen LogP contribution in [0.5, 0.6) is 0 Å². The van der Waals surface area contributed by atoms with Crippen LogP contribution in [-0.4, -0.2) is 53.9 Å². The van der Waals surface area contributed by atoms with Crippen LogP contribution in [-0.2, 0) is 19.4 Å². The summed E-state index contributed by atoms with van der Waals surface area (Å²) in [5.41, 5.74) is 0. The molecule has 7 heteroatoms. The first-order valence-corrected chi connectivity index (χ1v) is 8.18. The van der Waals surface area contributed by atoms with E-state index in [9.17, 15) is 23.1 Å². The van der Waals surface area contributed by atoms with Gasteiger partial charge >= 0.3 is 5.97 Å². The van der Waals surface area contributed by atoms with Crippen LogP contribution in [0.3, 0.4) is 0 Å². The molecule has 0 aromatic carbocycles. The molecule has 2 unspecified atom stereocenters. The quantitative estimate of drug-likeness (QED) is 0.797. The Morgan fingerprint density at radius 3 is 2.26 bits per heavy atom. The van der Waals surface area contributed by atoms with Gasteiger partial charge < -0.3 is 10.0 Å². The number of carbonyl (C=O) groups is 2. The molecule has 1 heterocycles. The molecule has 0 spiro atoms. The smallest absolute Gasteiger partial charge is 0.326 e. The number of sulfone groups is 1. The molecule has 0 aromatic heterocycles. The topological polar surface area (TPSA) is 91.8 Å². The molecule has 2 atom stereocenters. The Morgan fingerprint density at radius 2 is 1.95 bits per heavy atom. The van der Waals surface area contributed by atoms with Crippen molar-refractivity contribution in [2.24, 2.45) is 5.92 Å². The van der Waals surface area contributed by atoms with E-state index in [1.165, 1.54) is 11.8 Å². The number of hydrogen-bond acceptors (Lipinski definition) is 4. The summed E-state index contributed by atoms with van der Waals surface area (Å²) in [6.45, 7) is 5.04. The molecular formula is C12H21NO5S. The summed E-state index contributed by atoms with van der Waals surface area (Å²) in [7, 11) is -3.15. The molecule has 1 fully saturated rings. The first-order valence-electron chi connectivity index (χ1n) is 6.36. The number of hydrogen-bond donors (Lipinski definition) is 1. The van der Waals surface area contributed by atoms with E-state index in [2.05, 4.69) is 0 Å². The molecule has 19 heavy (non-hydrogen) atoms.